The molecule has 0 aromatic heterocycles. The van der Waals surface area contributed by atoms with Crippen molar-refractivity contribution in [1.29, 1.82) is 0 Å². The van der Waals surface area contributed by atoms with Gasteiger partial charge in [0.05, 0.1) is 25.4 Å². The predicted octanol–water partition coefficient (Wildman–Crippen LogP) is 2.78. The molecule has 1 rings (SSSR count). The van der Waals surface area contributed by atoms with Crippen LogP contribution in [-0.2, 0) is 9.47 Å². The summed E-state index contributed by atoms with van der Waals surface area (Å²) in [4.78, 5) is 23.6. The molecule has 0 aliphatic carbocycles. The highest BCUT2D eigenvalue weighted by molar-refractivity contribution is 7.98. The van der Waals surface area contributed by atoms with E-state index < -0.39 is 11.9 Å². The molecule has 0 atom stereocenters. The minimum Gasteiger partial charge on any atom is -0.492 e. The largest absolute Gasteiger partial charge is 0.492 e. The highest BCUT2D eigenvalue weighted by atomic mass is 32.2. The summed E-state index contributed by atoms with van der Waals surface area (Å²) in [5.74, 6) is 0.217. The van der Waals surface area contributed by atoms with Crippen molar-refractivity contribution in [3.8, 4) is 5.75 Å². The summed E-state index contributed by atoms with van der Waals surface area (Å²) in [5.41, 5.74) is 0.662. The number of hydrogen-bond donors (Lipinski definition) is 0. The second kappa shape index (κ2) is 9.28. The first-order valence-electron chi connectivity index (χ1n) is 6.74. The minimum atomic E-state index is -0.466. The molecular formula is C15H20O5S. The number of carbonyl (C=O) groups excluding carboxylic acids is 2. The smallest absolute Gasteiger partial charge is 0.341 e. The fourth-order valence-corrected chi connectivity index (χ4v) is 1.85. The van der Waals surface area contributed by atoms with Crippen LogP contribution in [0.15, 0.2) is 18.2 Å². The summed E-state index contributed by atoms with van der Waals surface area (Å²) in [6, 6.07) is 4.58. The molecule has 0 unspecified atom stereocenters. The average Bonchev–Trinajstić information content (AvgIpc) is 2.48. The van der Waals surface area contributed by atoms with Gasteiger partial charge in [-0.25, -0.2) is 9.59 Å². The van der Waals surface area contributed by atoms with Crippen molar-refractivity contribution < 1.29 is 23.8 Å². The standard InChI is InChI=1S/C15H20O5S/c1-4-18-14(16)11-6-7-12(15(17)19-5-2)13(10-11)20-8-9-21-3/h6-7,10H,4-5,8-9H2,1-3H3. The van der Waals surface area contributed by atoms with Crippen LogP contribution < -0.4 is 4.74 Å². The summed E-state index contributed by atoms with van der Waals surface area (Å²) in [7, 11) is 0. The minimum absolute atomic E-state index is 0.280. The molecule has 21 heavy (non-hydrogen) atoms. The lowest BCUT2D eigenvalue weighted by atomic mass is 10.1. The van der Waals surface area contributed by atoms with Gasteiger partial charge in [0.25, 0.3) is 0 Å². The Morgan fingerprint density at radius 2 is 1.76 bits per heavy atom. The van der Waals surface area contributed by atoms with E-state index in [4.69, 9.17) is 14.2 Å². The maximum atomic E-state index is 11.9. The maximum Gasteiger partial charge on any atom is 0.341 e. The monoisotopic (exact) mass is 312 g/mol. The zero-order valence-electron chi connectivity index (χ0n) is 12.5. The van der Waals surface area contributed by atoms with Gasteiger partial charge in [0.2, 0.25) is 0 Å². The van der Waals surface area contributed by atoms with E-state index in [9.17, 15) is 9.59 Å². The molecule has 1 aromatic carbocycles. The summed E-state index contributed by atoms with van der Waals surface area (Å²) in [5, 5.41) is 0. The number of carbonyl (C=O) groups is 2. The van der Waals surface area contributed by atoms with Gasteiger partial charge in [-0.15, -0.1) is 0 Å². The number of thioether (sulfide) groups is 1. The van der Waals surface area contributed by atoms with Crippen molar-refractivity contribution in [2.24, 2.45) is 0 Å². The second-order valence-electron chi connectivity index (χ2n) is 3.99. The van der Waals surface area contributed by atoms with Gasteiger partial charge < -0.3 is 14.2 Å². The number of benzene rings is 1. The fraction of sp³-hybridized carbons (Fsp3) is 0.467. The molecule has 0 aliphatic rings. The summed E-state index contributed by atoms with van der Waals surface area (Å²) < 4.78 is 15.5. The molecule has 0 radical (unpaired) electrons. The van der Waals surface area contributed by atoms with E-state index in [0.29, 0.717) is 30.1 Å². The SMILES string of the molecule is CCOC(=O)c1ccc(C(=O)OCC)c(OCCSC)c1. The third-order valence-corrected chi connectivity index (χ3v) is 3.11. The Kier molecular flexibility index (Phi) is 7.68. The molecule has 6 heteroatoms. The van der Waals surface area contributed by atoms with E-state index in [1.54, 1.807) is 25.6 Å². The van der Waals surface area contributed by atoms with E-state index in [2.05, 4.69) is 0 Å². The van der Waals surface area contributed by atoms with Crippen molar-refractivity contribution in [1.82, 2.24) is 0 Å². The first kappa shape index (κ1) is 17.4. The molecular weight excluding hydrogens is 292 g/mol. The highest BCUT2D eigenvalue weighted by Gasteiger charge is 2.17. The summed E-state index contributed by atoms with van der Waals surface area (Å²) in [6.45, 7) is 4.49. The van der Waals surface area contributed by atoms with Crippen LogP contribution >= 0.6 is 11.8 Å². The van der Waals surface area contributed by atoms with Gasteiger partial charge >= 0.3 is 11.9 Å². The zero-order valence-corrected chi connectivity index (χ0v) is 13.3. The van der Waals surface area contributed by atoms with Gasteiger partial charge in [0, 0.05) is 5.75 Å². The Morgan fingerprint density at radius 1 is 1.10 bits per heavy atom. The summed E-state index contributed by atoms with van der Waals surface area (Å²) >= 11 is 1.63. The molecule has 0 N–H and O–H groups in total. The highest BCUT2D eigenvalue weighted by Crippen LogP contribution is 2.22. The predicted molar refractivity (Wildman–Crippen MR) is 82.2 cm³/mol. The third kappa shape index (κ3) is 5.30. The Bertz CT molecular complexity index is 487. The molecule has 5 nitrogen and oxygen atoms in total. The van der Waals surface area contributed by atoms with Crippen LogP contribution in [0.5, 0.6) is 5.75 Å². The first-order chi connectivity index (χ1) is 10.1. The number of rotatable bonds is 8. The normalized spacial score (nSPS) is 10.0. The van der Waals surface area contributed by atoms with Gasteiger partial charge in [0.1, 0.15) is 11.3 Å². The van der Waals surface area contributed by atoms with Crippen molar-refractivity contribution in [3.05, 3.63) is 29.3 Å². The number of hydrogen-bond acceptors (Lipinski definition) is 6. The lowest BCUT2D eigenvalue weighted by molar-refractivity contribution is 0.0507. The van der Waals surface area contributed by atoms with E-state index in [1.165, 1.54) is 18.2 Å². The topological polar surface area (TPSA) is 61.8 Å². The molecule has 1 aromatic rings. The molecule has 0 bridgehead atoms. The molecule has 0 fully saturated rings. The van der Waals surface area contributed by atoms with Crippen LogP contribution in [0.2, 0.25) is 0 Å². The quantitative estimate of drug-likeness (QED) is 0.543. The lowest BCUT2D eigenvalue weighted by Gasteiger charge is -2.12. The van der Waals surface area contributed by atoms with Gasteiger partial charge in [-0.3, -0.25) is 0 Å². The zero-order chi connectivity index (χ0) is 15.7. The molecule has 0 aliphatic heterocycles. The van der Waals surface area contributed by atoms with Crippen molar-refractivity contribution in [2.45, 2.75) is 13.8 Å². The van der Waals surface area contributed by atoms with E-state index in [1.807, 2.05) is 6.26 Å². The maximum absolute atomic E-state index is 11.9. The van der Waals surface area contributed by atoms with Crippen LogP contribution in [-0.4, -0.2) is 43.8 Å². The Labute approximate surface area is 129 Å². The second-order valence-corrected chi connectivity index (χ2v) is 4.98. The van der Waals surface area contributed by atoms with Crippen molar-refractivity contribution >= 4 is 23.7 Å². The lowest BCUT2D eigenvalue weighted by Crippen LogP contribution is -2.11. The van der Waals surface area contributed by atoms with Gasteiger partial charge in [-0.05, 0) is 38.3 Å². The molecule has 116 valence electrons. The van der Waals surface area contributed by atoms with E-state index in [0.717, 1.165) is 5.75 Å². The van der Waals surface area contributed by atoms with Crippen LogP contribution in [0.1, 0.15) is 34.6 Å². The average molecular weight is 312 g/mol. The molecule has 0 spiro atoms. The molecule has 0 heterocycles. The first-order valence-corrected chi connectivity index (χ1v) is 8.13. The third-order valence-electron chi connectivity index (χ3n) is 2.53. The van der Waals surface area contributed by atoms with Crippen LogP contribution in [0.4, 0.5) is 0 Å². The van der Waals surface area contributed by atoms with Crippen molar-refractivity contribution in [2.75, 3.05) is 31.8 Å². The molecule has 0 saturated heterocycles. The Morgan fingerprint density at radius 3 is 2.38 bits per heavy atom. The Hall–Kier alpha value is -1.69. The molecule has 0 amide bonds. The van der Waals surface area contributed by atoms with Gasteiger partial charge in [-0.2, -0.15) is 11.8 Å². The van der Waals surface area contributed by atoms with Crippen LogP contribution in [0.25, 0.3) is 0 Å². The number of ether oxygens (including phenoxy) is 3. The summed E-state index contributed by atoms with van der Waals surface area (Å²) in [6.07, 6.45) is 1.96. The van der Waals surface area contributed by atoms with Crippen LogP contribution in [0.3, 0.4) is 0 Å². The number of esters is 2. The van der Waals surface area contributed by atoms with Crippen molar-refractivity contribution in [3.63, 3.8) is 0 Å². The molecule has 0 saturated carbocycles. The van der Waals surface area contributed by atoms with E-state index >= 15 is 0 Å². The fourth-order valence-electron chi connectivity index (χ4n) is 1.60. The van der Waals surface area contributed by atoms with Gasteiger partial charge in [-0.1, -0.05) is 0 Å². The van der Waals surface area contributed by atoms with Gasteiger partial charge in [0.15, 0.2) is 0 Å². The van der Waals surface area contributed by atoms with Crippen LogP contribution in [0, 0.1) is 0 Å². The van der Waals surface area contributed by atoms with E-state index in [-0.39, 0.29) is 6.61 Å². The Balaban J connectivity index is 3.01.